The first kappa shape index (κ1) is 16.5. The van der Waals surface area contributed by atoms with Crippen LogP contribution in [-0.2, 0) is 10.0 Å². The van der Waals surface area contributed by atoms with Gasteiger partial charge in [-0.3, -0.25) is 4.72 Å². The van der Waals surface area contributed by atoms with Gasteiger partial charge < -0.3 is 4.74 Å². The van der Waals surface area contributed by atoms with Crippen molar-refractivity contribution in [1.82, 2.24) is 20.2 Å². The van der Waals surface area contributed by atoms with Gasteiger partial charge in [-0.2, -0.15) is 0 Å². The lowest BCUT2D eigenvalue weighted by atomic mass is 10.2. The molecule has 4 rings (SSSR count). The number of hydrogen-bond donors (Lipinski definition) is 1. The summed E-state index contributed by atoms with van der Waals surface area (Å²) in [5.74, 6) is 1.29. The number of benzene rings is 2. The number of anilines is 1. The second-order valence-electron chi connectivity index (χ2n) is 6.04. The van der Waals surface area contributed by atoms with Crippen LogP contribution in [-0.4, -0.2) is 35.7 Å². The van der Waals surface area contributed by atoms with Crippen LogP contribution in [0.3, 0.4) is 0 Å². The minimum atomic E-state index is -3.67. The van der Waals surface area contributed by atoms with Crippen molar-refractivity contribution in [3.8, 4) is 17.1 Å². The highest BCUT2D eigenvalue weighted by Gasteiger charge is 2.28. The van der Waals surface area contributed by atoms with E-state index >= 15 is 0 Å². The van der Waals surface area contributed by atoms with Crippen molar-refractivity contribution >= 4 is 15.7 Å². The summed E-state index contributed by atoms with van der Waals surface area (Å²) in [5, 5.41) is 11.8. The van der Waals surface area contributed by atoms with Crippen LogP contribution in [0, 0.1) is 0 Å². The predicted octanol–water partition coefficient (Wildman–Crippen LogP) is 2.48. The summed E-state index contributed by atoms with van der Waals surface area (Å²) in [5.41, 5.74) is 1.31. The van der Waals surface area contributed by atoms with Crippen molar-refractivity contribution in [1.29, 1.82) is 0 Å². The lowest BCUT2D eigenvalue weighted by Gasteiger charge is -2.09. The molecule has 9 heteroatoms. The van der Waals surface area contributed by atoms with Crippen LogP contribution in [0.5, 0.6) is 5.75 Å². The number of nitrogens with zero attached hydrogens (tertiary/aromatic N) is 4. The van der Waals surface area contributed by atoms with E-state index in [9.17, 15) is 8.42 Å². The molecular formula is C17H17N5O3S. The standard InChI is InChI=1S/C17H17N5O3S/c1-25-15-8-10-16(11-9-15)26(23,24)19-13-4-2-12(3-5-13)17-18-20-21-22(17)14-6-7-14/h2-5,8-11,14,19H,6-7H2,1H3. The van der Waals surface area contributed by atoms with Crippen molar-refractivity contribution in [2.45, 2.75) is 23.8 Å². The van der Waals surface area contributed by atoms with Crippen LogP contribution < -0.4 is 9.46 Å². The fraction of sp³-hybridized carbons (Fsp3) is 0.235. The van der Waals surface area contributed by atoms with E-state index in [0.717, 1.165) is 18.4 Å². The summed E-state index contributed by atoms with van der Waals surface area (Å²) in [6, 6.07) is 13.6. The molecule has 1 heterocycles. The lowest BCUT2D eigenvalue weighted by Crippen LogP contribution is -2.12. The van der Waals surface area contributed by atoms with Gasteiger partial charge in [0.1, 0.15) is 5.75 Å². The maximum Gasteiger partial charge on any atom is 0.261 e. The number of tetrazole rings is 1. The van der Waals surface area contributed by atoms with Crippen LogP contribution in [0.2, 0.25) is 0 Å². The van der Waals surface area contributed by atoms with E-state index in [2.05, 4.69) is 20.2 Å². The molecule has 0 spiro atoms. The molecule has 1 fully saturated rings. The second-order valence-corrected chi connectivity index (χ2v) is 7.72. The monoisotopic (exact) mass is 371 g/mol. The van der Waals surface area contributed by atoms with Gasteiger partial charge in [0.15, 0.2) is 5.82 Å². The molecule has 3 aromatic rings. The first-order valence-electron chi connectivity index (χ1n) is 8.12. The van der Waals surface area contributed by atoms with E-state index in [4.69, 9.17) is 4.74 Å². The zero-order chi connectivity index (χ0) is 18.1. The Morgan fingerprint density at radius 3 is 2.38 bits per heavy atom. The maximum atomic E-state index is 12.5. The minimum absolute atomic E-state index is 0.167. The van der Waals surface area contributed by atoms with Crippen LogP contribution in [0.1, 0.15) is 18.9 Å². The van der Waals surface area contributed by atoms with Crippen molar-refractivity contribution in [2.24, 2.45) is 0 Å². The lowest BCUT2D eigenvalue weighted by molar-refractivity contribution is 0.414. The normalized spacial score (nSPS) is 14.2. The van der Waals surface area contributed by atoms with E-state index in [0.29, 0.717) is 23.3 Å². The number of aromatic nitrogens is 4. The Balaban J connectivity index is 1.54. The van der Waals surface area contributed by atoms with Crippen LogP contribution >= 0.6 is 0 Å². The molecule has 0 radical (unpaired) electrons. The number of sulfonamides is 1. The Morgan fingerprint density at radius 2 is 1.77 bits per heavy atom. The summed E-state index contributed by atoms with van der Waals surface area (Å²) in [4.78, 5) is 0.167. The average molecular weight is 371 g/mol. The van der Waals surface area contributed by atoms with Gasteiger partial charge in [-0.25, -0.2) is 13.1 Å². The highest BCUT2D eigenvalue weighted by Crippen LogP contribution is 2.36. The van der Waals surface area contributed by atoms with Crippen LogP contribution in [0.4, 0.5) is 5.69 Å². The summed E-state index contributed by atoms with van der Waals surface area (Å²) in [6.45, 7) is 0. The molecular weight excluding hydrogens is 354 g/mol. The third kappa shape index (κ3) is 3.25. The zero-order valence-electron chi connectivity index (χ0n) is 14.0. The van der Waals surface area contributed by atoms with Gasteiger partial charge in [-0.15, -0.1) is 5.10 Å². The topological polar surface area (TPSA) is 99.0 Å². The zero-order valence-corrected chi connectivity index (χ0v) is 14.8. The Morgan fingerprint density at radius 1 is 1.08 bits per heavy atom. The van der Waals surface area contributed by atoms with Gasteiger partial charge in [-0.05, 0) is 71.8 Å². The molecule has 1 N–H and O–H groups in total. The maximum absolute atomic E-state index is 12.5. The number of hydrogen-bond acceptors (Lipinski definition) is 6. The molecule has 1 aliphatic rings. The molecule has 26 heavy (non-hydrogen) atoms. The Bertz CT molecular complexity index is 1010. The van der Waals surface area contributed by atoms with E-state index in [1.54, 1.807) is 36.4 Å². The van der Waals surface area contributed by atoms with E-state index in [-0.39, 0.29) is 4.90 Å². The smallest absolute Gasteiger partial charge is 0.261 e. The van der Waals surface area contributed by atoms with E-state index in [1.807, 2.05) is 4.68 Å². The molecule has 1 aliphatic carbocycles. The van der Waals surface area contributed by atoms with Crippen molar-refractivity contribution in [3.63, 3.8) is 0 Å². The number of methoxy groups -OCH3 is 1. The first-order valence-corrected chi connectivity index (χ1v) is 9.60. The highest BCUT2D eigenvalue weighted by molar-refractivity contribution is 7.92. The molecule has 0 amide bonds. The third-order valence-corrected chi connectivity index (χ3v) is 5.55. The van der Waals surface area contributed by atoms with Gasteiger partial charge in [0.25, 0.3) is 10.0 Å². The molecule has 2 aromatic carbocycles. The molecule has 0 saturated heterocycles. The quantitative estimate of drug-likeness (QED) is 0.715. The van der Waals surface area contributed by atoms with Crippen LogP contribution in [0.15, 0.2) is 53.4 Å². The summed E-state index contributed by atoms with van der Waals surface area (Å²) < 4.78 is 34.4. The first-order chi connectivity index (χ1) is 12.6. The summed E-state index contributed by atoms with van der Waals surface area (Å²) in [7, 11) is -2.14. The molecule has 1 aromatic heterocycles. The van der Waals surface area contributed by atoms with E-state index < -0.39 is 10.0 Å². The Labute approximate surface area is 150 Å². The fourth-order valence-corrected chi connectivity index (χ4v) is 3.66. The SMILES string of the molecule is COc1ccc(S(=O)(=O)Nc2ccc(-c3nnnn3C3CC3)cc2)cc1. The Hall–Kier alpha value is -2.94. The van der Waals surface area contributed by atoms with Crippen molar-refractivity contribution in [2.75, 3.05) is 11.8 Å². The van der Waals surface area contributed by atoms with E-state index in [1.165, 1.54) is 19.2 Å². The molecule has 8 nitrogen and oxygen atoms in total. The number of rotatable bonds is 6. The minimum Gasteiger partial charge on any atom is -0.497 e. The number of nitrogens with one attached hydrogen (secondary N) is 1. The molecule has 0 atom stereocenters. The molecule has 1 saturated carbocycles. The summed E-state index contributed by atoms with van der Waals surface area (Å²) >= 11 is 0. The van der Waals surface area contributed by atoms with Gasteiger partial charge in [-0.1, -0.05) is 0 Å². The van der Waals surface area contributed by atoms with Gasteiger partial charge in [0.2, 0.25) is 0 Å². The fourth-order valence-electron chi connectivity index (χ4n) is 2.61. The third-order valence-electron chi connectivity index (χ3n) is 4.15. The highest BCUT2D eigenvalue weighted by atomic mass is 32.2. The van der Waals surface area contributed by atoms with Crippen molar-refractivity contribution in [3.05, 3.63) is 48.5 Å². The summed E-state index contributed by atoms with van der Waals surface area (Å²) in [6.07, 6.45) is 2.16. The molecule has 0 aliphatic heterocycles. The van der Waals surface area contributed by atoms with Gasteiger partial charge in [0.05, 0.1) is 18.0 Å². The van der Waals surface area contributed by atoms with Crippen molar-refractivity contribution < 1.29 is 13.2 Å². The molecule has 0 unspecified atom stereocenters. The number of ether oxygens (including phenoxy) is 1. The molecule has 134 valence electrons. The largest absolute Gasteiger partial charge is 0.497 e. The average Bonchev–Trinajstić information content (AvgIpc) is 3.39. The van der Waals surface area contributed by atoms with Gasteiger partial charge in [0, 0.05) is 11.3 Å². The Kier molecular flexibility index (Phi) is 4.08. The van der Waals surface area contributed by atoms with Gasteiger partial charge >= 0.3 is 0 Å². The predicted molar refractivity (Wildman–Crippen MR) is 95.3 cm³/mol. The molecule has 0 bridgehead atoms. The van der Waals surface area contributed by atoms with Crippen LogP contribution in [0.25, 0.3) is 11.4 Å². The second kappa shape index (κ2) is 6.41.